The van der Waals surface area contributed by atoms with Gasteiger partial charge in [0.25, 0.3) is 0 Å². The molecule has 2 saturated heterocycles. The van der Waals surface area contributed by atoms with Gasteiger partial charge in [0.1, 0.15) is 23.4 Å². The lowest BCUT2D eigenvalue weighted by molar-refractivity contribution is -0.182. The van der Waals surface area contributed by atoms with E-state index in [1.165, 1.54) is 20.8 Å². The minimum atomic E-state index is -0.909. The van der Waals surface area contributed by atoms with Crippen LogP contribution in [-0.2, 0) is 33.3 Å². The van der Waals surface area contributed by atoms with Crippen LogP contribution in [0.5, 0.6) is 0 Å². The first-order valence-electron chi connectivity index (χ1n) is 12.2. The van der Waals surface area contributed by atoms with Crippen LogP contribution >= 0.6 is 0 Å². The quantitative estimate of drug-likeness (QED) is 0.347. The van der Waals surface area contributed by atoms with Gasteiger partial charge in [-0.3, -0.25) is 14.4 Å². The Kier molecular flexibility index (Phi) is 7.33. The maximum Gasteiger partial charge on any atom is 0.303 e. The second kappa shape index (κ2) is 9.40. The number of carbonyl (C=O) groups excluding carboxylic acids is 3. The fourth-order valence-corrected chi connectivity index (χ4v) is 6.79. The summed E-state index contributed by atoms with van der Waals surface area (Å²) in [7, 11) is 0. The van der Waals surface area contributed by atoms with E-state index >= 15 is 0 Å². The van der Waals surface area contributed by atoms with Crippen LogP contribution in [0, 0.1) is 23.7 Å². The number of hydrogen-bond acceptors (Lipinski definition) is 7. The van der Waals surface area contributed by atoms with Crippen molar-refractivity contribution >= 4 is 17.9 Å². The molecule has 7 nitrogen and oxygen atoms in total. The Morgan fingerprint density at radius 3 is 2.09 bits per heavy atom. The number of esters is 3. The molecule has 0 amide bonds. The Balaban J connectivity index is 2.12. The highest BCUT2D eigenvalue weighted by molar-refractivity contribution is 5.67. The van der Waals surface area contributed by atoms with Gasteiger partial charge in [0.2, 0.25) is 0 Å². The summed E-state index contributed by atoms with van der Waals surface area (Å²) >= 11 is 0. The van der Waals surface area contributed by atoms with Crippen molar-refractivity contribution in [3.63, 3.8) is 0 Å². The van der Waals surface area contributed by atoms with Gasteiger partial charge in [0.15, 0.2) is 0 Å². The summed E-state index contributed by atoms with van der Waals surface area (Å²) in [5.74, 6) is -0.367. The summed E-state index contributed by atoms with van der Waals surface area (Å²) < 4.78 is 24.3. The van der Waals surface area contributed by atoms with Gasteiger partial charge in [-0.1, -0.05) is 20.4 Å². The Morgan fingerprint density at radius 1 is 0.970 bits per heavy atom. The predicted octanol–water partition coefficient (Wildman–Crippen LogP) is 4.37. The van der Waals surface area contributed by atoms with Crippen molar-refractivity contribution in [1.82, 2.24) is 0 Å². The Hall–Kier alpha value is -1.89. The summed E-state index contributed by atoms with van der Waals surface area (Å²) in [5.41, 5.74) is -0.832. The van der Waals surface area contributed by atoms with Gasteiger partial charge < -0.3 is 18.9 Å². The summed E-state index contributed by atoms with van der Waals surface area (Å²) in [5, 5.41) is 0. The zero-order chi connectivity index (χ0) is 24.7. The first-order valence-corrected chi connectivity index (χ1v) is 12.2. The number of hydrogen-bond donors (Lipinski definition) is 0. The molecule has 2 aliphatic heterocycles. The molecule has 2 heterocycles. The van der Waals surface area contributed by atoms with Gasteiger partial charge in [-0.05, 0) is 63.4 Å². The number of rotatable bonds is 4. The molecule has 0 unspecified atom stereocenters. The average molecular weight is 465 g/mol. The summed E-state index contributed by atoms with van der Waals surface area (Å²) in [4.78, 5) is 36.1. The molecule has 186 valence electrons. The van der Waals surface area contributed by atoms with Crippen LogP contribution in [-0.4, -0.2) is 47.4 Å². The third kappa shape index (κ3) is 5.13. The summed E-state index contributed by atoms with van der Waals surface area (Å²) in [6.45, 7) is 16.8. The van der Waals surface area contributed by atoms with E-state index in [0.29, 0.717) is 31.1 Å². The Bertz CT molecular complexity index is 804. The topological polar surface area (TPSA) is 88.1 Å². The first-order chi connectivity index (χ1) is 15.3. The van der Waals surface area contributed by atoms with E-state index in [1.807, 2.05) is 13.8 Å². The lowest BCUT2D eigenvalue weighted by atomic mass is 9.57. The maximum atomic E-state index is 12.2. The summed E-state index contributed by atoms with van der Waals surface area (Å²) in [6, 6.07) is 0. The van der Waals surface area contributed by atoms with Crippen LogP contribution < -0.4 is 0 Å². The van der Waals surface area contributed by atoms with Crippen molar-refractivity contribution in [2.45, 2.75) is 110 Å². The third-order valence-corrected chi connectivity index (χ3v) is 8.00. The van der Waals surface area contributed by atoms with Gasteiger partial charge in [-0.2, -0.15) is 0 Å². The van der Waals surface area contributed by atoms with Crippen molar-refractivity contribution in [3.8, 4) is 0 Å². The number of fused-ring (bicyclic) bond motifs is 5. The molecule has 1 saturated carbocycles. The smallest absolute Gasteiger partial charge is 0.303 e. The van der Waals surface area contributed by atoms with E-state index in [9.17, 15) is 14.4 Å². The van der Waals surface area contributed by atoms with E-state index in [-0.39, 0.29) is 42.0 Å². The second-order valence-corrected chi connectivity index (χ2v) is 11.0. The number of ether oxygens (including phenoxy) is 4. The Labute approximate surface area is 197 Å². The molecule has 0 aromatic rings. The molecule has 3 fully saturated rings. The predicted molar refractivity (Wildman–Crippen MR) is 122 cm³/mol. The maximum absolute atomic E-state index is 12.2. The van der Waals surface area contributed by atoms with Gasteiger partial charge in [-0.15, -0.1) is 0 Å². The average Bonchev–Trinajstić information content (AvgIpc) is 3.05. The molecule has 3 aliphatic rings. The van der Waals surface area contributed by atoms with Crippen LogP contribution in [0.15, 0.2) is 12.2 Å². The molecule has 0 N–H and O–H groups in total. The normalized spacial score (nSPS) is 40.8. The van der Waals surface area contributed by atoms with Crippen molar-refractivity contribution in [2.24, 2.45) is 23.7 Å². The molecule has 7 heteroatoms. The number of carbonyl (C=O) groups is 3. The van der Waals surface area contributed by atoms with Crippen molar-refractivity contribution in [3.05, 3.63) is 12.2 Å². The first kappa shape index (κ1) is 25.7. The van der Waals surface area contributed by atoms with Gasteiger partial charge >= 0.3 is 17.9 Å². The van der Waals surface area contributed by atoms with Gasteiger partial charge in [0, 0.05) is 32.6 Å². The lowest BCUT2D eigenvalue weighted by Crippen LogP contribution is -2.56. The molecule has 8 atom stereocenters. The van der Waals surface area contributed by atoms with E-state index in [1.54, 1.807) is 0 Å². The minimum absolute atomic E-state index is 0.0514. The molecule has 1 aliphatic carbocycles. The molecular formula is C26H40O7. The molecule has 0 aromatic heterocycles. The largest absolute Gasteiger partial charge is 0.459 e. The molecule has 33 heavy (non-hydrogen) atoms. The van der Waals surface area contributed by atoms with E-state index in [2.05, 4.69) is 20.4 Å². The monoisotopic (exact) mass is 464 g/mol. The second-order valence-electron chi connectivity index (χ2n) is 11.0. The molecule has 0 radical (unpaired) electrons. The van der Waals surface area contributed by atoms with E-state index in [4.69, 9.17) is 18.9 Å². The van der Waals surface area contributed by atoms with Crippen LogP contribution in [0.3, 0.4) is 0 Å². The van der Waals surface area contributed by atoms with Crippen LogP contribution in [0.2, 0.25) is 0 Å². The van der Waals surface area contributed by atoms with E-state index < -0.39 is 17.3 Å². The van der Waals surface area contributed by atoms with Crippen LogP contribution in [0.1, 0.15) is 80.6 Å². The Morgan fingerprint density at radius 2 is 1.55 bits per heavy atom. The van der Waals surface area contributed by atoms with E-state index in [0.717, 1.165) is 18.4 Å². The summed E-state index contributed by atoms with van der Waals surface area (Å²) in [6.07, 6.45) is 1.98. The molecular weight excluding hydrogens is 424 g/mol. The highest BCUT2D eigenvalue weighted by atomic mass is 16.6. The lowest BCUT2D eigenvalue weighted by Gasteiger charge is -2.50. The molecule has 3 rings (SSSR count). The van der Waals surface area contributed by atoms with Crippen molar-refractivity contribution in [1.29, 1.82) is 0 Å². The fraction of sp³-hybridized carbons (Fsp3) is 0.808. The van der Waals surface area contributed by atoms with Crippen molar-refractivity contribution in [2.75, 3.05) is 0 Å². The van der Waals surface area contributed by atoms with Crippen LogP contribution in [0.4, 0.5) is 0 Å². The molecule has 0 spiro atoms. The standard InChI is InChI=1S/C26H40O7/c1-14(2)19-9-11-25(7,32-17(5)28)23-21-13-15(3)20(30-16(4)27)10-12-26(8,33-18(6)29)24(31-21)22(19)23/h14,19-24H,3,9-13H2,1-2,4-8H3/t19-,20+,21+,22-,23-,24+,25-,26-/m0/s1. The zero-order valence-corrected chi connectivity index (χ0v) is 21.1. The van der Waals surface area contributed by atoms with Crippen molar-refractivity contribution < 1.29 is 33.3 Å². The highest BCUT2D eigenvalue weighted by Gasteiger charge is 2.64. The fourth-order valence-electron chi connectivity index (χ4n) is 6.79. The SMILES string of the molecule is C=C1C[C@H]2O[C@H]([C@@H]3[C@H]2[C@@](C)(OC(C)=O)CC[C@H]3C(C)C)[C@@](C)(OC(C)=O)CC[C@H]1OC(C)=O. The molecule has 0 aromatic carbocycles. The minimum Gasteiger partial charge on any atom is -0.459 e. The third-order valence-electron chi connectivity index (χ3n) is 8.00. The van der Waals surface area contributed by atoms with Gasteiger partial charge in [0.05, 0.1) is 6.10 Å². The zero-order valence-electron chi connectivity index (χ0n) is 21.1. The molecule has 2 bridgehead atoms. The van der Waals surface area contributed by atoms with Gasteiger partial charge in [-0.25, -0.2) is 0 Å². The van der Waals surface area contributed by atoms with Crippen LogP contribution in [0.25, 0.3) is 0 Å². The highest BCUT2D eigenvalue weighted by Crippen LogP contribution is 2.58.